The smallest absolute Gasteiger partial charge is 0.319 e. The highest BCUT2D eigenvalue weighted by molar-refractivity contribution is 6.34. The van der Waals surface area contributed by atoms with Gasteiger partial charge in [0, 0.05) is 43.5 Å². The molecule has 0 aliphatic carbocycles. The molecule has 1 saturated heterocycles. The topological polar surface area (TPSA) is 85.9 Å². The van der Waals surface area contributed by atoms with Crippen LogP contribution in [0.1, 0.15) is 25.5 Å². The van der Waals surface area contributed by atoms with Gasteiger partial charge >= 0.3 is 6.03 Å². The van der Waals surface area contributed by atoms with Gasteiger partial charge in [0.25, 0.3) is 5.91 Å². The zero-order valence-corrected chi connectivity index (χ0v) is 19.3. The van der Waals surface area contributed by atoms with Crippen LogP contribution in [0.3, 0.4) is 0 Å². The number of nitrogens with zero attached hydrogens (tertiary/aromatic N) is 2. The Kier molecular flexibility index (Phi) is 6.90. The van der Waals surface area contributed by atoms with Crippen LogP contribution in [0.5, 0.6) is 5.75 Å². The zero-order valence-electron chi connectivity index (χ0n) is 18.6. The minimum atomic E-state index is -0.491. The van der Waals surface area contributed by atoms with Crippen molar-refractivity contribution in [1.82, 2.24) is 10.2 Å². The second kappa shape index (κ2) is 9.84. The summed E-state index contributed by atoms with van der Waals surface area (Å²) < 4.78 is 19.5. The summed E-state index contributed by atoms with van der Waals surface area (Å²) in [7, 11) is 0. The lowest BCUT2D eigenvalue weighted by atomic mass is 10.0. The number of rotatable bonds is 5. The summed E-state index contributed by atoms with van der Waals surface area (Å²) in [6, 6.07) is 6.82. The van der Waals surface area contributed by atoms with E-state index in [1.54, 1.807) is 12.1 Å². The Morgan fingerprint density at radius 2 is 2.00 bits per heavy atom. The third-order valence-electron chi connectivity index (χ3n) is 5.91. The number of piperazine rings is 1. The quantitative estimate of drug-likeness (QED) is 0.612. The van der Waals surface area contributed by atoms with Crippen LogP contribution >= 0.6 is 11.6 Å². The van der Waals surface area contributed by atoms with Gasteiger partial charge in [-0.3, -0.25) is 4.79 Å². The van der Waals surface area contributed by atoms with Crippen molar-refractivity contribution in [3.8, 4) is 5.75 Å². The molecule has 1 fully saturated rings. The number of hydrogen-bond donors (Lipinski definition) is 3. The maximum atomic E-state index is 14.1. The molecule has 2 aliphatic heterocycles. The maximum absolute atomic E-state index is 14.1. The number of ether oxygens (including phenoxy) is 1. The maximum Gasteiger partial charge on any atom is 0.319 e. The van der Waals surface area contributed by atoms with Gasteiger partial charge in [-0.1, -0.05) is 18.5 Å². The summed E-state index contributed by atoms with van der Waals surface area (Å²) in [5.74, 6) is -0.208. The predicted octanol–water partition coefficient (Wildman–Crippen LogP) is 3.83. The number of hydrogen-bond acceptors (Lipinski definition) is 5. The molecule has 2 aromatic carbocycles. The zero-order chi connectivity index (χ0) is 23.5. The number of amides is 3. The van der Waals surface area contributed by atoms with Crippen LogP contribution in [-0.2, 0) is 4.79 Å². The number of anilines is 3. The molecule has 0 spiro atoms. The lowest BCUT2D eigenvalue weighted by Crippen LogP contribution is -2.46. The Morgan fingerprint density at radius 1 is 1.24 bits per heavy atom. The molecule has 0 unspecified atom stereocenters. The molecule has 2 aromatic rings. The van der Waals surface area contributed by atoms with Crippen LogP contribution in [0.4, 0.5) is 26.2 Å². The monoisotopic (exact) mass is 475 g/mol. The van der Waals surface area contributed by atoms with E-state index in [2.05, 4.69) is 32.7 Å². The molecule has 1 atom stereocenters. The first-order chi connectivity index (χ1) is 15.8. The van der Waals surface area contributed by atoms with Crippen molar-refractivity contribution in [3.63, 3.8) is 0 Å². The van der Waals surface area contributed by atoms with Gasteiger partial charge in [-0.2, -0.15) is 0 Å². The fourth-order valence-corrected chi connectivity index (χ4v) is 4.30. The molecule has 0 saturated carbocycles. The number of likely N-dealkylation sites (N-methyl/N-ethyl adjacent to an activating group) is 1. The average Bonchev–Trinajstić information content (AvgIpc) is 2.79. The Hall–Kier alpha value is -3.04. The number of urea groups is 1. The summed E-state index contributed by atoms with van der Waals surface area (Å²) in [5, 5.41) is 8.49. The summed E-state index contributed by atoms with van der Waals surface area (Å²) >= 11 is 6.27. The van der Waals surface area contributed by atoms with Gasteiger partial charge in [0.15, 0.2) is 6.61 Å². The number of halogens is 2. The first-order valence-corrected chi connectivity index (χ1v) is 11.3. The molecule has 33 heavy (non-hydrogen) atoms. The minimum absolute atomic E-state index is 0.105. The molecule has 3 amide bonds. The fraction of sp³-hybridized carbons (Fsp3) is 0.391. The summed E-state index contributed by atoms with van der Waals surface area (Å²) in [4.78, 5) is 28.8. The number of benzene rings is 2. The van der Waals surface area contributed by atoms with Crippen molar-refractivity contribution >= 4 is 40.6 Å². The van der Waals surface area contributed by atoms with Crippen molar-refractivity contribution in [2.24, 2.45) is 0 Å². The number of fused-ring (bicyclic) bond motifs is 1. The molecule has 8 nitrogen and oxygen atoms in total. The number of carbonyl (C=O) groups is 2. The molecule has 10 heteroatoms. The van der Waals surface area contributed by atoms with E-state index < -0.39 is 12.1 Å². The Bertz CT molecular complexity index is 1060. The van der Waals surface area contributed by atoms with Crippen molar-refractivity contribution < 1.29 is 18.7 Å². The van der Waals surface area contributed by atoms with Gasteiger partial charge in [0.2, 0.25) is 0 Å². The first kappa shape index (κ1) is 23.1. The van der Waals surface area contributed by atoms with Gasteiger partial charge in [0.1, 0.15) is 11.6 Å². The van der Waals surface area contributed by atoms with Crippen molar-refractivity contribution in [3.05, 3.63) is 46.7 Å². The normalized spacial score (nSPS) is 17.0. The van der Waals surface area contributed by atoms with Crippen LogP contribution in [0.25, 0.3) is 0 Å². The average molecular weight is 476 g/mol. The second-order valence-electron chi connectivity index (χ2n) is 8.11. The van der Waals surface area contributed by atoms with Crippen LogP contribution < -0.4 is 25.6 Å². The molecule has 176 valence electrons. The fourth-order valence-electron chi connectivity index (χ4n) is 4.09. The highest BCUT2D eigenvalue weighted by atomic mass is 35.5. The minimum Gasteiger partial charge on any atom is -0.482 e. The van der Waals surface area contributed by atoms with Gasteiger partial charge < -0.3 is 30.5 Å². The lowest BCUT2D eigenvalue weighted by Gasteiger charge is -2.37. The lowest BCUT2D eigenvalue weighted by molar-refractivity contribution is -0.118. The second-order valence-corrected chi connectivity index (χ2v) is 8.52. The van der Waals surface area contributed by atoms with Crippen molar-refractivity contribution in [2.45, 2.75) is 19.9 Å². The SMILES string of the molecule is CCN1CCN(c2ccc(F)cc2[C@@H](C)NC(=O)Nc2cc3c(cc2Cl)NC(=O)CO3)CC1. The summed E-state index contributed by atoms with van der Waals surface area (Å²) in [6.07, 6.45) is 0. The molecule has 0 bridgehead atoms. The first-order valence-electron chi connectivity index (χ1n) is 10.9. The van der Waals surface area contributed by atoms with Gasteiger partial charge in [0.05, 0.1) is 22.4 Å². The summed E-state index contributed by atoms with van der Waals surface area (Å²) in [6.45, 7) is 8.41. The van der Waals surface area contributed by atoms with E-state index in [0.717, 1.165) is 38.4 Å². The molecular formula is C23H27ClFN5O3. The molecule has 0 aromatic heterocycles. The van der Waals surface area contributed by atoms with E-state index in [0.29, 0.717) is 22.7 Å². The van der Waals surface area contributed by atoms with Crippen molar-refractivity contribution in [1.29, 1.82) is 0 Å². The van der Waals surface area contributed by atoms with E-state index >= 15 is 0 Å². The Morgan fingerprint density at radius 3 is 2.73 bits per heavy atom. The van der Waals surface area contributed by atoms with E-state index in [1.165, 1.54) is 18.2 Å². The van der Waals surface area contributed by atoms with E-state index in [-0.39, 0.29) is 23.4 Å². The van der Waals surface area contributed by atoms with Crippen molar-refractivity contribution in [2.75, 3.05) is 54.9 Å². The highest BCUT2D eigenvalue weighted by Gasteiger charge is 2.23. The molecule has 0 radical (unpaired) electrons. The van der Waals surface area contributed by atoms with Gasteiger partial charge in [-0.05, 0) is 37.7 Å². The highest BCUT2D eigenvalue weighted by Crippen LogP contribution is 2.36. The largest absolute Gasteiger partial charge is 0.482 e. The molecule has 2 heterocycles. The van der Waals surface area contributed by atoms with Gasteiger partial charge in [-0.15, -0.1) is 0 Å². The van der Waals surface area contributed by atoms with E-state index in [1.807, 2.05) is 6.92 Å². The van der Waals surface area contributed by atoms with Crippen LogP contribution in [0, 0.1) is 5.82 Å². The predicted molar refractivity (Wildman–Crippen MR) is 127 cm³/mol. The standard InChI is InChI=1S/C23H27ClFN5O3/c1-3-29-6-8-30(9-7-29)20-5-4-15(25)10-16(20)14(2)26-23(32)28-18-12-21-19(11-17(18)24)27-22(31)13-33-21/h4-5,10-12,14H,3,6-9,13H2,1-2H3,(H,27,31)(H2,26,28,32)/t14-/m1/s1. The number of nitrogens with one attached hydrogen (secondary N) is 3. The van der Waals surface area contributed by atoms with Crippen LogP contribution in [0.2, 0.25) is 5.02 Å². The summed E-state index contributed by atoms with van der Waals surface area (Å²) in [5.41, 5.74) is 2.41. The van der Waals surface area contributed by atoms with E-state index in [9.17, 15) is 14.0 Å². The molecule has 4 rings (SSSR count). The molecule has 2 aliphatic rings. The Labute approximate surface area is 197 Å². The van der Waals surface area contributed by atoms with Crippen LogP contribution in [0.15, 0.2) is 30.3 Å². The third-order valence-corrected chi connectivity index (χ3v) is 6.23. The molecule has 3 N–H and O–H groups in total. The third kappa shape index (κ3) is 5.31. The Balaban J connectivity index is 1.46. The molecular weight excluding hydrogens is 449 g/mol. The van der Waals surface area contributed by atoms with E-state index in [4.69, 9.17) is 16.3 Å². The van der Waals surface area contributed by atoms with Gasteiger partial charge in [-0.25, -0.2) is 9.18 Å². The van der Waals surface area contributed by atoms with Crippen LogP contribution in [-0.4, -0.2) is 56.2 Å². The number of carbonyl (C=O) groups excluding carboxylic acids is 2.